The van der Waals surface area contributed by atoms with Crippen molar-refractivity contribution in [3.63, 3.8) is 0 Å². The Labute approximate surface area is 166 Å². The van der Waals surface area contributed by atoms with Gasteiger partial charge >= 0.3 is 5.97 Å². The molecule has 29 heavy (non-hydrogen) atoms. The molecule has 3 aromatic rings. The van der Waals surface area contributed by atoms with E-state index in [-0.39, 0.29) is 24.1 Å². The van der Waals surface area contributed by atoms with Crippen LogP contribution in [0.25, 0.3) is 5.69 Å². The number of fused-ring (bicyclic) bond motifs is 1. The van der Waals surface area contributed by atoms with E-state index < -0.39 is 5.97 Å². The normalized spacial score (nSPS) is 11.9. The number of carbonyl (C=O) groups is 2. The molecule has 0 fully saturated rings. The van der Waals surface area contributed by atoms with Crippen LogP contribution < -0.4 is 20.5 Å². The molecule has 1 amide bonds. The van der Waals surface area contributed by atoms with Crippen LogP contribution in [-0.2, 0) is 11.3 Å². The van der Waals surface area contributed by atoms with E-state index in [0.29, 0.717) is 29.3 Å². The van der Waals surface area contributed by atoms with Gasteiger partial charge in [-0.2, -0.15) is 5.10 Å². The maximum Gasteiger partial charge on any atom is 0.343 e. The molecule has 0 saturated heterocycles. The Bertz CT molecular complexity index is 1070. The minimum absolute atomic E-state index is 0.164. The molecule has 3 N–H and O–H groups in total. The largest absolute Gasteiger partial charge is 0.465 e. The van der Waals surface area contributed by atoms with Crippen molar-refractivity contribution in [3.8, 4) is 17.2 Å². The van der Waals surface area contributed by atoms with Gasteiger partial charge in [0.25, 0.3) is 5.91 Å². The van der Waals surface area contributed by atoms with Gasteiger partial charge in [0.1, 0.15) is 11.4 Å². The molecule has 148 valence electrons. The van der Waals surface area contributed by atoms with Gasteiger partial charge < -0.3 is 25.3 Å². The first-order valence-electron chi connectivity index (χ1n) is 8.76. The first-order valence-corrected chi connectivity index (χ1v) is 8.76. The van der Waals surface area contributed by atoms with E-state index in [0.717, 1.165) is 5.56 Å². The highest BCUT2D eigenvalue weighted by molar-refractivity contribution is 5.95. The summed E-state index contributed by atoms with van der Waals surface area (Å²) in [5.74, 6) is 0.746. The minimum Gasteiger partial charge on any atom is -0.465 e. The lowest BCUT2D eigenvalue weighted by Crippen LogP contribution is -2.22. The Kier molecular flexibility index (Phi) is 4.78. The van der Waals surface area contributed by atoms with Gasteiger partial charge in [-0.3, -0.25) is 4.79 Å². The van der Waals surface area contributed by atoms with Crippen LogP contribution in [0.2, 0.25) is 0 Å². The molecule has 0 atom stereocenters. The number of esters is 1. The van der Waals surface area contributed by atoms with Crippen molar-refractivity contribution in [3.05, 3.63) is 65.4 Å². The van der Waals surface area contributed by atoms with Crippen LogP contribution >= 0.6 is 0 Å². The average Bonchev–Trinajstić information content (AvgIpc) is 3.37. The van der Waals surface area contributed by atoms with Crippen molar-refractivity contribution < 1.29 is 23.8 Å². The highest BCUT2D eigenvalue weighted by Gasteiger charge is 2.17. The van der Waals surface area contributed by atoms with E-state index in [1.54, 1.807) is 24.3 Å². The molecule has 1 aliphatic heterocycles. The molecular formula is C20H18N4O5. The molecule has 0 spiro atoms. The fourth-order valence-electron chi connectivity index (χ4n) is 2.92. The van der Waals surface area contributed by atoms with Crippen molar-refractivity contribution in [2.24, 2.45) is 0 Å². The molecule has 0 aliphatic carbocycles. The van der Waals surface area contributed by atoms with Gasteiger partial charge in [-0.1, -0.05) is 6.07 Å². The minimum atomic E-state index is -0.562. The lowest BCUT2D eigenvalue weighted by molar-refractivity contribution is 0.0601. The van der Waals surface area contributed by atoms with Crippen LogP contribution in [0.3, 0.4) is 0 Å². The number of hydrogen-bond acceptors (Lipinski definition) is 7. The van der Waals surface area contributed by atoms with Crippen LogP contribution in [-0.4, -0.2) is 35.6 Å². The first-order chi connectivity index (χ1) is 14.1. The number of amides is 1. The van der Waals surface area contributed by atoms with Crippen molar-refractivity contribution in [2.75, 3.05) is 19.6 Å². The third-order valence-electron chi connectivity index (χ3n) is 4.48. The van der Waals surface area contributed by atoms with E-state index >= 15 is 0 Å². The van der Waals surface area contributed by atoms with Gasteiger partial charge in [-0.05, 0) is 42.0 Å². The number of nitrogens with two attached hydrogens (primary N) is 1. The van der Waals surface area contributed by atoms with Crippen molar-refractivity contribution in [2.45, 2.75) is 6.54 Å². The molecule has 1 aromatic heterocycles. The monoisotopic (exact) mass is 394 g/mol. The van der Waals surface area contributed by atoms with Crippen LogP contribution in [0.5, 0.6) is 11.5 Å². The smallest absolute Gasteiger partial charge is 0.343 e. The summed E-state index contributed by atoms with van der Waals surface area (Å²) in [7, 11) is 1.27. The number of aromatic nitrogens is 2. The molecule has 1 aliphatic rings. The van der Waals surface area contributed by atoms with Crippen molar-refractivity contribution >= 4 is 17.7 Å². The molecular weight excluding hydrogens is 376 g/mol. The highest BCUT2D eigenvalue weighted by Crippen LogP contribution is 2.32. The van der Waals surface area contributed by atoms with E-state index in [2.05, 4.69) is 15.2 Å². The van der Waals surface area contributed by atoms with Crippen LogP contribution in [0.1, 0.15) is 26.3 Å². The summed E-state index contributed by atoms with van der Waals surface area (Å²) in [4.78, 5) is 24.1. The van der Waals surface area contributed by atoms with Crippen molar-refractivity contribution in [1.82, 2.24) is 15.1 Å². The summed E-state index contributed by atoms with van der Waals surface area (Å²) in [5.41, 5.74) is 8.14. The number of hydrogen-bond donors (Lipinski definition) is 2. The summed E-state index contributed by atoms with van der Waals surface area (Å²) in [5, 5.41) is 6.96. The molecule has 9 heteroatoms. The second-order valence-corrected chi connectivity index (χ2v) is 6.26. The molecule has 2 heterocycles. The van der Waals surface area contributed by atoms with E-state index in [1.165, 1.54) is 18.0 Å². The number of rotatable bonds is 5. The van der Waals surface area contributed by atoms with Gasteiger partial charge in [0.15, 0.2) is 11.5 Å². The number of benzene rings is 2. The van der Waals surface area contributed by atoms with Gasteiger partial charge in [0, 0.05) is 12.1 Å². The Morgan fingerprint density at radius 1 is 1.17 bits per heavy atom. The molecule has 0 saturated carbocycles. The molecule has 9 nitrogen and oxygen atoms in total. The molecule has 4 rings (SSSR count). The molecule has 0 unspecified atom stereocenters. The Morgan fingerprint density at radius 2 is 1.93 bits per heavy atom. The number of nitrogens with one attached hydrogen (secondary N) is 1. The maximum absolute atomic E-state index is 12.4. The predicted molar refractivity (Wildman–Crippen MR) is 103 cm³/mol. The van der Waals surface area contributed by atoms with Crippen LogP contribution in [0.15, 0.2) is 48.7 Å². The highest BCUT2D eigenvalue weighted by atomic mass is 16.7. The fourth-order valence-corrected chi connectivity index (χ4v) is 2.92. The molecule has 0 bridgehead atoms. The van der Waals surface area contributed by atoms with E-state index in [9.17, 15) is 9.59 Å². The second-order valence-electron chi connectivity index (χ2n) is 6.26. The first kappa shape index (κ1) is 18.4. The van der Waals surface area contributed by atoms with Gasteiger partial charge in [-0.25, -0.2) is 9.48 Å². The number of nitrogens with zero attached hydrogens (tertiary/aromatic N) is 2. The molecule has 2 aromatic carbocycles. The second kappa shape index (κ2) is 7.55. The number of methoxy groups -OCH3 is 1. The van der Waals surface area contributed by atoms with Crippen LogP contribution in [0.4, 0.5) is 5.82 Å². The Morgan fingerprint density at radius 3 is 2.69 bits per heavy atom. The van der Waals surface area contributed by atoms with E-state index in [4.69, 9.17) is 15.2 Å². The summed E-state index contributed by atoms with van der Waals surface area (Å²) in [6.07, 6.45) is 1.34. The third kappa shape index (κ3) is 3.57. The number of nitrogen functional groups attached to an aromatic ring is 1. The third-order valence-corrected chi connectivity index (χ3v) is 4.48. The summed E-state index contributed by atoms with van der Waals surface area (Å²) >= 11 is 0. The standard InChI is InChI=1S/C20H18N4O5/c1-27-20(26)15-10-23-24(18(15)21)14-5-3-13(4-6-14)19(25)22-9-12-2-7-16-17(8-12)29-11-28-16/h2-8,10H,9,11,21H2,1H3,(H,22,25). The zero-order valence-electron chi connectivity index (χ0n) is 15.5. The summed E-state index contributed by atoms with van der Waals surface area (Å²) in [6, 6.07) is 12.2. The quantitative estimate of drug-likeness (QED) is 0.635. The lowest BCUT2D eigenvalue weighted by atomic mass is 10.1. The summed E-state index contributed by atoms with van der Waals surface area (Å²) in [6.45, 7) is 0.561. The average molecular weight is 394 g/mol. The molecule has 0 radical (unpaired) electrons. The maximum atomic E-state index is 12.4. The van der Waals surface area contributed by atoms with Gasteiger partial charge in [-0.15, -0.1) is 0 Å². The fraction of sp³-hybridized carbons (Fsp3) is 0.150. The van der Waals surface area contributed by atoms with Gasteiger partial charge in [0.05, 0.1) is 19.0 Å². The lowest BCUT2D eigenvalue weighted by Gasteiger charge is -2.08. The Hall–Kier alpha value is -4.01. The number of anilines is 1. The zero-order valence-corrected chi connectivity index (χ0v) is 15.5. The van der Waals surface area contributed by atoms with Gasteiger partial charge in [0.2, 0.25) is 6.79 Å². The van der Waals surface area contributed by atoms with Crippen molar-refractivity contribution in [1.29, 1.82) is 0 Å². The van der Waals surface area contributed by atoms with Crippen LogP contribution in [0, 0.1) is 0 Å². The predicted octanol–water partition coefficient (Wildman–Crippen LogP) is 1.90. The number of ether oxygens (including phenoxy) is 3. The van der Waals surface area contributed by atoms with E-state index in [1.807, 2.05) is 18.2 Å². The SMILES string of the molecule is COC(=O)c1cnn(-c2ccc(C(=O)NCc3ccc4c(c3)OCO4)cc2)c1N. The summed E-state index contributed by atoms with van der Waals surface area (Å²) < 4.78 is 16.7. The number of carbonyl (C=O) groups excluding carboxylic acids is 2. The topological polar surface area (TPSA) is 118 Å². The Balaban J connectivity index is 1.43. The zero-order chi connectivity index (χ0) is 20.4.